The number of hydrogen-bond donors (Lipinski definition) is 2. The first kappa shape index (κ1) is 12.8. The Morgan fingerprint density at radius 2 is 2.16 bits per heavy atom. The van der Waals surface area contributed by atoms with Crippen LogP contribution < -0.4 is 5.73 Å². The quantitative estimate of drug-likeness (QED) is 0.349. The molecule has 19 heavy (non-hydrogen) atoms. The monoisotopic (exact) mass is 265 g/mol. The number of hydrogen-bond acceptors (Lipinski definition) is 3. The number of amidine groups is 1. The molecule has 3 saturated carbocycles. The van der Waals surface area contributed by atoms with Crippen molar-refractivity contribution in [2.24, 2.45) is 34.1 Å². The summed E-state index contributed by atoms with van der Waals surface area (Å²) in [5, 5.41) is 11.8. The fourth-order valence-electron chi connectivity index (χ4n) is 4.20. The fraction of sp³-hybridized carbons (Fsp3) is 0.857. The second-order valence-corrected chi connectivity index (χ2v) is 6.69. The lowest BCUT2D eigenvalue weighted by Gasteiger charge is -2.29. The van der Waals surface area contributed by atoms with Crippen molar-refractivity contribution in [3.8, 4) is 0 Å². The Balaban J connectivity index is 1.62. The van der Waals surface area contributed by atoms with Gasteiger partial charge in [0, 0.05) is 13.6 Å². The van der Waals surface area contributed by atoms with Crippen molar-refractivity contribution < 1.29 is 10.0 Å². The van der Waals surface area contributed by atoms with E-state index in [-0.39, 0.29) is 11.7 Å². The van der Waals surface area contributed by atoms with E-state index in [0.29, 0.717) is 18.8 Å². The highest BCUT2D eigenvalue weighted by Crippen LogP contribution is 2.50. The Morgan fingerprint density at radius 3 is 2.63 bits per heavy atom. The van der Waals surface area contributed by atoms with Crippen molar-refractivity contribution in [3.63, 3.8) is 0 Å². The molecular weight excluding hydrogens is 242 g/mol. The van der Waals surface area contributed by atoms with Gasteiger partial charge in [0.05, 0.1) is 0 Å². The molecule has 3 fully saturated rings. The average molecular weight is 265 g/mol. The lowest BCUT2D eigenvalue weighted by Crippen LogP contribution is -2.44. The zero-order valence-electron chi connectivity index (χ0n) is 11.5. The zero-order chi connectivity index (χ0) is 13.6. The Morgan fingerprint density at radius 1 is 1.42 bits per heavy atom. The summed E-state index contributed by atoms with van der Waals surface area (Å²) >= 11 is 0. The molecule has 0 radical (unpaired) electrons. The minimum Gasteiger partial charge on any atom is -0.409 e. The lowest BCUT2D eigenvalue weighted by molar-refractivity contribution is -0.134. The van der Waals surface area contributed by atoms with Gasteiger partial charge in [-0.15, -0.1) is 0 Å². The topological polar surface area (TPSA) is 78.9 Å². The highest BCUT2D eigenvalue weighted by Gasteiger charge is 2.55. The van der Waals surface area contributed by atoms with Crippen LogP contribution in [0, 0.1) is 23.2 Å². The molecule has 3 rings (SSSR count). The first-order valence-corrected chi connectivity index (χ1v) is 7.30. The fourth-order valence-corrected chi connectivity index (χ4v) is 4.20. The largest absolute Gasteiger partial charge is 0.409 e. The highest BCUT2D eigenvalue weighted by atomic mass is 16.4. The van der Waals surface area contributed by atoms with E-state index in [0.717, 1.165) is 18.4 Å². The van der Waals surface area contributed by atoms with Gasteiger partial charge in [0.1, 0.15) is 5.41 Å². The summed E-state index contributed by atoms with van der Waals surface area (Å²) in [5.41, 5.74) is 4.98. The summed E-state index contributed by atoms with van der Waals surface area (Å²) < 4.78 is 0. The van der Waals surface area contributed by atoms with Crippen molar-refractivity contribution in [1.82, 2.24) is 4.90 Å². The number of nitrogens with two attached hydrogens (primary N) is 1. The van der Waals surface area contributed by atoms with Crippen molar-refractivity contribution >= 4 is 11.7 Å². The summed E-state index contributed by atoms with van der Waals surface area (Å²) in [4.78, 5) is 14.3. The van der Waals surface area contributed by atoms with Gasteiger partial charge in [-0.1, -0.05) is 11.6 Å². The SMILES string of the molecule is CN(CC1CC2CCC1C2)C(=O)C1(C(N)=NO)CC1. The molecule has 0 saturated heterocycles. The first-order chi connectivity index (χ1) is 9.06. The van der Waals surface area contributed by atoms with E-state index in [4.69, 9.17) is 10.9 Å². The van der Waals surface area contributed by atoms with Crippen LogP contribution in [0.4, 0.5) is 0 Å². The van der Waals surface area contributed by atoms with Gasteiger partial charge in [-0.2, -0.15) is 0 Å². The van der Waals surface area contributed by atoms with Gasteiger partial charge in [0.25, 0.3) is 0 Å². The molecule has 3 aliphatic rings. The highest BCUT2D eigenvalue weighted by molar-refractivity contribution is 6.09. The molecule has 3 aliphatic carbocycles. The maximum absolute atomic E-state index is 12.5. The van der Waals surface area contributed by atoms with E-state index in [1.165, 1.54) is 25.7 Å². The Kier molecular flexibility index (Phi) is 2.95. The molecule has 0 heterocycles. The molecule has 3 atom stereocenters. The number of rotatable bonds is 4. The molecule has 3 N–H and O–H groups in total. The molecule has 2 bridgehead atoms. The van der Waals surface area contributed by atoms with E-state index in [9.17, 15) is 4.79 Å². The summed E-state index contributed by atoms with van der Waals surface area (Å²) in [7, 11) is 1.86. The van der Waals surface area contributed by atoms with Crippen LogP contribution in [0.5, 0.6) is 0 Å². The van der Waals surface area contributed by atoms with E-state index >= 15 is 0 Å². The Bertz CT molecular complexity index is 417. The van der Waals surface area contributed by atoms with Gasteiger partial charge in [-0.3, -0.25) is 4.79 Å². The molecule has 106 valence electrons. The predicted octanol–water partition coefficient (Wildman–Crippen LogP) is 1.41. The summed E-state index contributed by atoms with van der Waals surface area (Å²) in [6.07, 6.45) is 6.78. The zero-order valence-corrected chi connectivity index (χ0v) is 11.5. The number of carbonyl (C=O) groups excluding carboxylic acids is 1. The first-order valence-electron chi connectivity index (χ1n) is 7.30. The van der Waals surface area contributed by atoms with Crippen LogP contribution in [0.3, 0.4) is 0 Å². The second kappa shape index (κ2) is 4.39. The van der Waals surface area contributed by atoms with Crippen LogP contribution in [-0.4, -0.2) is 35.4 Å². The maximum Gasteiger partial charge on any atom is 0.236 e. The van der Waals surface area contributed by atoms with Gasteiger partial charge < -0.3 is 15.8 Å². The van der Waals surface area contributed by atoms with Crippen LogP contribution >= 0.6 is 0 Å². The number of nitrogens with zero attached hydrogens (tertiary/aromatic N) is 2. The van der Waals surface area contributed by atoms with Crippen molar-refractivity contribution in [2.75, 3.05) is 13.6 Å². The molecule has 5 heteroatoms. The van der Waals surface area contributed by atoms with Crippen LogP contribution in [0.2, 0.25) is 0 Å². The van der Waals surface area contributed by atoms with E-state index in [2.05, 4.69) is 5.16 Å². The number of amides is 1. The minimum atomic E-state index is -0.693. The Hall–Kier alpha value is -1.26. The van der Waals surface area contributed by atoms with Gasteiger partial charge >= 0.3 is 0 Å². The third kappa shape index (κ3) is 1.99. The lowest BCUT2D eigenvalue weighted by atomic mass is 9.88. The second-order valence-electron chi connectivity index (χ2n) is 6.69. The van der Waals surface area contributed by atoms with E-state index in [1.54, 1.807) is 0 Å². The van der Waals surface area contributed by atoms with Crippen LogP contribution in [-0.2, 0) is 4.79 Å². The molecule has 1 amide bonds. The molecular formula is C14H23N3O2. The van der Waals surface area contributed by atoms with Crippen LogP contribution in [0.1, 0.15) is 38.5 Å². The number of fused-ring (bicyclic) bond motifs is 2. The van der Waals surface area contributed by atoms with Crippen molar-refractivity contribution in [2.45, 2.75) is 38.5 Å². The number of oxime groups is 1. The van der Waals surface area contributed by atoms with Crippen LogP contribution in [0.15, 0.2) is 5.16 Å². The van der Waals surface area contributed by atoms with Gasteiger partial charge in [-0.25, -0.2) is 0 Å². The smallest absolute Gasteiger partial charge is 0.236 e. The molecule has 0 aromatic heterocycles. The molecule has 3 unspecified atom stereocenters. The summed E-state index contributed by atoms with van der Waals surface area (Å²) in [5.74, 6) is 2.50. The number of carbonyl (C=O) groups is 1. The third-order valence-corrected chi connectivity index (χ3v) is 5.50. The molecule has 0 spiro atoms. The van der Waals surface area contributed by atoms with Gasteiger partial charge in [0.2, 0.25) is 5.91 Å². The molecule has 0 aliphatic heterocycles. The average Bonchev–Trinajstić information content (AvgIpc) is 2.97. The van der Waals surface area contributed by atoms with Crippen molar-refractivity contribution in [3.05, 3.63) is 0 Å². The molecule has 0 aromatic rings. The summed E-state index contributed by atoms with van der Waals surface area (Å²) in [6.45, 7) is 0.834. The van der Waals surface area contributed by atoms with Gasteiger partial charge in [-0.05, 0) is 49.9 Å². The normalized spacial score (nSPS) is 35.4. The molecule has 5 nitrogen and oxygen atoms in total. The minimum absolute atomic E-state index is 0.0329. The van der Waals surface area contributed by atoms with Crippen LogP contribution in [0.25, 0.3) is 0 Å². The standard InChI is InChI=1S/C14H23N3O2/c1-17(8-11-7-9-2-3-10(11)6-9)13(18)14(4-5-14)12(15)16-19/h9-11,19H,2-8H2,1H3,(H2,15,16). The van der Waals surface area contributed by atoms with E-state index < -0.39 is 5.41 Å². The molecule has 0 aromatic carbocycles. The third-order valence-electron chi connectivity index (χ3n) is 5.50. The predicted molar refractivity (Wildman–Crippen MR) is 71.7 cm³/mol. The summed E-state index contributed by atoms with van der Waals surface area (Å²) in [6, 6.07) is 0. The van der Waals surface area contributed by atoms with E-state index in [1.807, 2.05) is 11.9 Å². The Labute approximate surface area is 113 Å². The van der Waals surface area contributed by atoms with Crippen molar-refractivity contribution in [1.29, 1.82) is 0 Å². The maximum atomic E-state index is 12.5. The van der Waals surface area contributed by atoms with Gasteiger partial charge in [0.15, 0.2) is 5.84 Å².